The van der Waals surface area contributed by atoms with Crippen molar-refractivity contribution in [3.8, 4) is 5.75 Å². The topological polar surface area (TPSA) is 34.1 Å². The van der Waals surface area contributed by atoms with Crippen LogP contribution in [0.2, 0.25) is 0 Å². The van der Waals surface area contributed by atoms with Gasteiger partial charge in [-0.3, -0.25) is 4.99 Å². The standard InChI is InChI=1S/C14H22N2O2/c1-5-18-14(11-16(2)3)10-15-12-6-8-13(17-4)9-7-12/h6-10,14H,5,11H2,1-4H3. The van der Waals surface area contributed by atoms with E-state index in [9.17, 15) is 0 Å². The summed E-state index contributed by atoms with van der Waals surface area (Å²) in [4.78, 5) is 6.51. The number of methoxy groups -OCH3 is 1. The van der Waals surface area contributed by atoms with Crippen LogP contribution in [-0.2, 0) is 4.74 Å². The van der Waals surface area contributed by atoms with E-state index in [0.717, 1.165) is 18.0 Å². The van der Waals surface area contributed by atoms with Crippen LogP contribution in [0.5, 0.6) is 5.75 Å². The molecule has 1 rings (SSSR count). The van der Waals surface area contributed by atoms with Gasteiger partial charge in [0, 0.05) is 19.4 Å². The zero-order chi connectivity index (χ0) is 13.4. The summed E-state index contributed by atoms with van der Waals surface area (Å²) in [6.45, 7) is 3.50. The Hall–Kier alpha value is -1.39. The molecule has 1 unspecified atom stereocenters. The molecular formula is C14H22N2O2. The Morgan fingerprint density at radius 2 is 1.94 bits per heavy atom. The summed E-state index contributed by atoms with van der Waals surface area (Å²) in [5.41, 5.74) is 0.902. The molecule has 0 fully saturated rings. The molecule has 0 bridgehead atoms. The fourth-order valence-electron chi connectivity index (χ4n) is 1.55. The highest BCUT2D eigenvalue weighted by Gasteiger charge is 2.06. The number of benzene rings is 1. The van der Waals surface area contributed by atoms with Gasteiger partial charge in [-0.1, -0.05) is 0 Å². The van der Waals surface area contributed by atoms with E-state index in [1.165, 1.54) is 0 Å². The average Bonchev–Trinajstić information content (AvgIpc) is 2.36. The predicted octanol–water partition coefficient (Wildman–Crippen LogP) is 2.36. The molecule has 4 heteroatoms. The van der Waals surface area contributed by atoms with Crippen LogP contribution in [-0.4, -0.2) is 51.6 Å². The van der Waals surface area contributed by atoms with Crippen molar-refractivity contribution in [2.24, 2.45) is 4.99 Å². The highest BCUT2D eigenvalue weighted by Crippen LogP contribution is 2.17. The van der Waals surface area contributed by atoms with Gasteiger partial charge in [0.15, 0.2) is 0 Å². The quantitative estimate of drug-likeness (QED) is 0.697. The number of nitrogens with zero attached hydrogens (tertiary/aromatic N) is 2. The van der Waals surface area contributed by atoms with E-state index in [-0.39, 0.29) is 6.10 Å². The van der Waals surface area contributed by atoms with Gasteiger partial charge < -0.3 is 14.4 Å². The van der Waals surface area contributed by atoms with Crippen molar-refractivity contribution in [2.75, 3.05) is 34.4 Å². The van der Waals surface area contributed by atoms with Crippen molar-refractivity contribution in [3.05, 3.63) is 24.3 Å². The van der Waals surface area contributed by atoms with E-state index in [0.29, 0.717) is 6.61 Å². The molecule has 0 aliphatic carbocycles. The van der Waals surface area contributed by atoms with Crippen LogP contribution in [0, 0.1) is 0 Å². The summed E-state index contributed by atoms with van der Waals surface area (Å²) >= 11 is 0. The maximum Gasteiger partial charge on any atom is 0.119 e. The van der Waals surface area contributed by atoms with Gasteiger partial charge in [0.2, 0.25) is 0 Å². The van der Waals surface area contributed by atoms with E-state index >= 15 is 0 Å². The van der Waals surface area contributed by atoms with E-state index in [1.807, 2.05) is 51.5 Å². The molecule has 0 spiro atoms. The molecule has 0 saturated carbocycles. The molecule has 1 aromatic carbocycles. The summed E-state index contributed by atoms with van der Waals surface area (Å²) in [6.07, 6.45) is 1.87. The lowest BCUT2D eigenvalue weighted by atomic mass is 10.3. The molecule has 0 radical (unpaired) electrons. The third kappa shape index (κ3) is 5.29. The molecular weight excluding hydrogens is 228 g/mol. The van der Waals surface area contributed by atoms with Crippen molar-refractivity contribution in [2.45, 2.75) is 13.0 Å². The van der Waals surface area contributed by atoms with Crippen molar-refractivity contribution in [1.29, 1.82) is 0 Å². The van der Waals surface area contributed by atoms with Crippen LogP contribution in [0.15, 0.2) is 29.3 Å². The first-order valence-electron chi connectivity index (χ1n) is 6.10. The Morgan fingerprint density at radius 3 is 2.44 bits per heavy atom. The van der Waals surface area contributed by atoms with Crippen molar-refractivity contribution in [1.82, 2.24) is 4.90 Å². The minimum absolute atomic E-state index is 0.0205. The number of aliphatic imine (C=N–C) groups is 1. The van der Waals surface area contributed by atoms with Crippen LogP contribution in [0.1, 0.15) is 6.92 Å². The Balaban J connectivity index is 2.62. The van der Waals surface area contributed by atoms with Crippen LogP contribution < -0.4 is 4.74 Å². The van der Waals surface area contributed by atoms with Gasteiger partial charge in [-0.2, -0.15) is 0 Å². The lowest BCUT2D eigenvalue weighted by molar-refractivity contribution is 0.0921. The molecule has 0 aliphatic heterocycles. The minimum atomic E-state index is 0.0205. The first-order valence-corrected chi connectivity index (χ1v) is 6.10. The molecule has 18 heavy (non-hydrogen) atoms. The second-order valence-corrected chi connectivity index (χ2v) is 4.23. The lowest BCUT2D eigenvalue weighted by Gasteiger charge is -2.17. The average molecular weight is 250 g/mol. The Bertz CT molecular complexity index is 361. The van der Waals surface area contributed by atoms with Crippen LogP contribution in [0.4, 0.5) is 5.69 Å². The minimum Gasteiger partial charge on any atom is -0.497 e. The van der Waals surface area contributed by atoms with Crippen LogP contribution in [0.25, 0.3) is 0 Å². The molecule has 0 amide bonds. The number of hydrogen-bond acceptors (Lipinski definition) is 4. The summed E-state index contributed by atoms with van der Waals surface area (Å²) in [6, 6.07) is 7.64. The summed E-state index contributed by atoms with van der Waals surface area (Å²) < 4.78 is 10.7. The van der Waals surface area contributed by atoms with Crippen LogP contribution >= 0.6 is 0 Å². The molecule has 0 saturated heterocycles. The highest BCUT2D eigenvalue weighted by molar-refractivity contribution is 5.68. The smallest absolute Gasteiger partial charge is 0.119 e. The molecule has 0 aliphatic rings. The van der Waals surface area contributed by atoms with E-state index in [4.69, 9.17) is 9.47 Å². The zero-order valence-electron chi connectivity index (χ0n) is 11.6. The number of likely N-dealkylation sites (N-methyl/N-ethyl adjacent to an activating group) is 1. The van der Waals surface area contributed by atoms with Crippen molar-refractivity contribution in [3.63, 3.8) is 0 Å². The third-order valence-corrected chi connectivity index (χ3v) is 2.39. The lowest BCUT2D eigenvalue weighted by Crippen LogP contribution is -2.29. The fraction of sp³-hybridized carbons (Fsp3) is 0.500. The van der Waals surface area contributed by atoms with E-state index in [1.54, 1.807) is 7.11 Å². The monoisotopic (exact) mass is 250 g/mol. The second kappa shape index (κ2) is 7.84. The predicted molar refractivity (Wildman–Crippen MR) is 75.1 cm³/mol. The van der Waals surface area contributed by atoms with Gasteiger partial charge in [-0.25, -0.2) is 0 Å². The molecule has 0 N–H and O–H groups in total. The molecule has 1 atom stereocenters. The summed E-state index contributed by atoms with van der Waals surface area (Å²) in [5, 5.41) is 0. The van der Waals surface area contributed by atoms with Crippen LogP contribution in [0.3, 0.4) is 0 Å². The Morgan fingerprint density at radius 1 is 1.28 bits per heavy atom. The van der Waals surface area contributed by atoms with Crippen molar-refractivity contribution < 1.29 is 9.47 Å². The molecule has 0 aromatic heterocycles. The highest BCUT2D eigenvalue weighted by atomic mass is 16.5. The number of rotatable bonds is 7. The van der Waals surface area contributed by atoms with Gasteiger partial charge in [-0.05, 0) is 45.3 Å². The maximum atomic E-state index is 5.60. The van der Waals surface area contributed by atoms with Gasteiger partial charge >= 0.3 is 0 Å². The fourth-order valence-corrected chi connectivity index (χ4v) is 1.55. The number of ether oxygens (including phenoxy) is 2. The number of hydrogen-bond donors (Lipinski definition) is 0. The van der Waals surface area contributed by atoms with Gasteiger partial charge in [0.1, 0.15) is 11.9 Å². The maximum absolute atomic E-state index is 5.60. The van der Waals surface area contributed by atoms with Gasteiger partial charge in [0.05, 0.1) is 12.8 Å². The SMILES string of the molecule is CCOC(C=Nc1ccc(OC)cc1)CN(C)C. The van der Waals surface area contributed by atoms with Crippen molar-refractivity contribution >= 4 is 11.9 Å². The second-order valence-electron chi connectivity index (χ2n) is 4.23. The Kier molecular flexibility index (Phi) is 6.39. The van der Waals surface area contributed by atoms with E-state index < -0.39 is 0 Å². The first kappa shape index (κ1) is 14.7. The molecule has 1 aromatic rings. The summed E-state index contributed by atoms with van der Waals surface area (Å²) in [5.74, 6) is 0.837. The first-order chi connectivity index (χ1) is 8.65. The van der Waals surface area contributed by atoms with Gasteiger partial charge in [-0.15, -0.1) is 0 Å². The van der Waals surface area contributed by atoms with Gasteiger partial charge in [0.25, 0.3) is 0 Å². The Labute approximate surface area is 109 Å². The summed E-state index contributed by atoms with van der Waals surface area (Å²) in [7, 11) is 5.70. The molecule has 0 heterocycles. The third-order valence-electron chi connectivity index (χ3n) is 2.39. The zero-order valence-corrected chi connectivity index (χ0v) is 11.6. The molecule has 4 nitrogen and oxygen atoms in total. The normalized spacial score (nSPS) is 13.2. The molecule has 100 valence electrons. The largest absolute Gasteiger partial charge is 0.497 e. The van der Waals surface area contributed by atoms with E-state index in [2.05, 4.69) is 9.89 Å².